The summed E-state index contributed by atoms with van der Waals surface area (Å²) in [5.74, 6) is 3.70. The summed E-state index contributed by atoms with van der Waals surface area (Å²) in [7, 11) is 0. The summed E-state index contributed by atoms with van der Waals surface area (Å²) in [4.78, 5) is 12.5. The van der Waals surface area contributed by atoms with Crippen LogP contribution in [0.25, 0.3) is 0 Å². The minimum Gasteiger partial charge on any atom is -0.490 e. The Hall–Kier alpha value is -2.50. The summed E-state index contributed by atoms with van der Waals surface area (Å²) in [6, 6.07) is 8.65. The van der Waals surface area contributed by atoms with Crippen molar-refractivity contribution in [2.24, 2.45) is 5.10 Å². The maximum Gasteiger partial charge on any atom is 0.271 e. The molecule has 0 aromatic heterocycles. The fraction of sp³-hybridized carbons (Fsp3) is 0.273. The minimum absolute atomic E-state index is 0.111. The van der Waals surface area contributed by atoms with Crippen LogP contribution in [0.4, 0.5) is 0 Å². The number of halogens is 2. The fourth-order valence-electron chi connectivity index (χ4n) is 2.42. The summed E-state index contributed by atoms with van der Waals surface area (Å²) < 4.78 is 18.3. The number of hydrazone groups is 1. The first kappa shape index (κ1) is 23.8. The molecule has 0 bridgehead atoms. The van der Waals surface area contributed by atoms with Gasteiger partial charge in [-0.15, -0.1) is 6.42 Å². The smallest absolute Gasteiger partial charge is 0.271 e. The first-order valence-corrected chi connectivity index (χ1v) is 10.9. The van der Waals surface area contributed by atoms with Crippen molar-refractivity contribution in [3.05, 3.63) is 50.4 Å². The van der Waals surface area contributed by atoms with Crippen molar-refractivity contribution in [1.29, 1.82) is 0 Å². The Morgan fingerprint density at radius 3 is 2.67 bits per heavy atom. The minimum atomic E-state index is -0.380. The van der Waals surface area contributed by atoms with Gasteiger partial charge in [-0.3, -0.25) is 4.79 Å². The van der Waals surface area contributed by atoms with Gasteiger partial charge < -0.3 is 14.2 Å². The third-order valence-electron chi connectivity index (χ3n) is 3.67. The van der Waals surface area contributed by atoms with Gasteiger partial charge in [-0.2, -0.15) is 5.10 Å². The summed E-state index contributed by atoms with van der Waals surface area (Å²) >= 11 is 6.85. The maximum absolute atomic E-state index is 12.5. The van der Waals surface area contributed by atoms with Crippen molar-refractivity contribution in [1.82, 2.24) is 5.43 Å². The van der Waals surface area contributed by atoms with Gasteiger partial charge in [0.1, 0.15) is 12.4 Å². The molecule has 0 radical (unpaired) electrons. The van der Waals surface area contributed by atoms with Gasteiger partial charge in [0, 0.05) is 15.6 Å². The molecule has 2 rings (SSSR count). The van der Waals surface area contributed by atoms with E-state index >= 15 is 0 Å². The lowest BCUT2D eigenvalue weighted by molar-refractivity contribution is 0.0954. The normalized spacial score (nSPS) is 10.5. The molecule has 1 N–H and O–H groups in total. The molecule has 0 aliphatic rings. The lowest BCUT2D eigenvalue weighted by atomic mass is 10.2. The van der Waals surface area contributed by atoms with Gasteiger partial charge in [0.05, 0.1) is 23.9 Å². The lowest BCUT2D eigenvalue weighted by Gasteiger charge is -2.12. The lowest BCUT2D eigenvalue weighted by Crippen LogP contribution is -2.18. The Bertz CT molecular complexity index is 955. The van der Waals surface area contributed by atoms with Gasteiger partial charge in [-0.25, -0.2) is 5.43 Å². The van der Waals surface area contributed by atoms with Crippen LogP contribution in [0.5, 0.6) is 17.2 Å². The Morgan fingerprint density at radius 2 is 1.97 bits per heavy atom. The number of amides is 1. The standard InChI is InChI=1S/C22H22Br2N2O4/c1-4-9-29-19-8-7-15(12-20(19)28-6-3)22(27)26-25-14-16-11-17(23)13-18(24)21(16)30-10-5-2/h2,7-8,11-14H,4,6,9-10H2,1,3H3,(H,26,27)/b25-14+. The second-order valence-electron chi connectivity index (χ2n) is 5.94. The third-order valence-corrected chi connectivity index (χ3v) is 4.72. The van der Waals surface area contributed by atoms with E-state index in [4.69, 9.17) is 20.6 Å². The van der Waals surface area contributed by atoms with Crippen LogP contribution in [-0.4, -0.2) is 31.9 Å². The van der Waals surface area contributed by atoms with Crippen LogP contribution in [0.2, 0.25) is 0 Å². The fourth-order valence-corrected chi connectivity index (χ4v) is 3.79. The Morgan fingerprint density at radius 1 is 1.17 bits per heavy atom. The van der Waals surface area contributed by atoms with Crippen molar-refractivity contribution in [2.75, 3.05) is 19.8 Å². The van der Waals surface area contributed by atoms with E-state index in [2.05, 4.69) is 48.3 Å². The van der Waals surface area contributed by atoms with Gasteiger partial charge in [-0.05, 0) is 59.6 Å². The number of carbonyl (C=O) groups excluding carboxylic acids is 1. The molecule has 0 aliphatic carbocycles. The SMILES string of the molecule is C#CCOc1c(Br)cc(Br)cc1/C=N/NC(=O)c1ccc(OCCC)c(OCC)c1. The molecule has 0 spiro atoms. The van der Waals surface area contributed by atoms with E-state index in [0.29, 0.717) is 46.1 Å². The largest absolute Gasteiger partial charge is 0.490 e. The Kier molecular flexibility index (Phi) is 9.71. The number of carbonyl (C=O) groups is 1. The van der Waals surface area contributed by atoms with Gasteiger partial charge in [0.2, 0.25) is 0 Å². The molecule has 0 aliphatic heterocycles. The highest BCUT2D eigenvalue weighted by Gasteiger charge is 2.12. The molecule has 2 aromatic rings. The number of ether oxygens (including phenoxy) is 3. The second kappa shape index (κ2) is 12.3. The summed E-state index contributed by atoms with van der Waals surface area (Å²) in [6.07, 6.45) is 7.64. The monoisotopic (exact) mass is 536 g/mol. The van der Waals surface area contributed by atoms with Crippen molar-refractivity contribution < 1.29 is 19.0 Å². The molecule has 6 nitrogen and oxygen atoms in total. The van der Waals surface area contributed by atoms with Crippen LogP contribution in [0.1, 0.15) is 36.2 Å². The highest BCUT2D eigenvalue weighted by molar-refractivity contribution is 9.11. The van der Waals surface area contributed by atoms with E-state index < -0.39 is 0 Å². The average molecular weight is 538 g/mol. The van der Waals surface area contributed by atoms with Crippen LogP contribution in [0.3, 0.4) is 0 Å². The van der Waals surface area contributed by atoms with Gasteiger partial charge >= 0.3 is 0 Å². The van der Waals surface area contributed by atoms with Crippen molar-refractivity contribution in [3.8, 4) is 29.6 Å². The third kappa shape index (κ3) is 6.78. The molecule has 0 fully saturated rings. The van der Waals surface area contributed by atoms with E-state index in [9.17, 15) is 4.79 Å². The van der Waals surface area contributed by atoms with Crippen LogP contribution in [-0.2, 0) is 0 Å². The molecular formula is C22H22Br2N2O4. The van der Waals surface area contributed by atoms with E-state index in [1.165, 1.54) is 6.21 Å². The van der Waals surface area contributed by atoms with Crippen LogP contribution in [0, 0.1) is 12.3 Å². The molecule has 30 heavy (non-hydrogen) atoms. The van der Waals surface area contributed by atoms with Gasteiger partial charge in [0.15, 0.2) is 11.5 Å². The number of benzene rings is 2. The van der Waals surface area contributed by atoms with Gasteiger partial charge in [-0.1, -0.05) is 28.8 Å². The highest BCUT2D eigenvalue weighted by Crippen LogP contribution is 2.32. The van der Waals surface area contributed by atoms with E-state index in [1.807, 2.05) is 19.9 Å². The number of hydrogen-bond acceptors (Lipinski definition) is 5. The zero-order valence-corrected chi connectivity index (χ0v) is 19.9. The molecule has 0 saturated carbocycles. The molecule has 1 amide bonds. The van der Waals surface area contributed by atoms with Gasteiger partial charge in [0.25, 0.3) is 5.91 Å². The van der Waals surface area contributed by atoms with Crippen LogP contribution >= 0.6 is 31.9 Å². The molecule has 0 atom stereocenters. The topological polar surface area (TPSA) is 69.2 Å². The molecule has 8 heteroatoms. The summed E-state index contributed by atoms with van der Waals surface area (Å²) in [5, 5.41) is 4.05. The van der Waals surface area contributed by atoms with Crippen molar-refractivity contribution in [2.45, 2.75) is 20.3 Å². The van der Waals surface area contributed by atoms with Crippen molar-refractivity contribution >= 4 is 44.0 Å². The summed E-state index contributed by atoms with van der Waals surface area (Å²) in [6.45, 7) is 5.04. The average Bonchev–Trinajstić information content (AvgIpc) is 2.72. The van der Waals surface area contributed by atoms with Crippen LogP contribution in [0.15, 0.2) is 44.4 Å². The molecular weight excluding hydrogens is 516 g/mol. The first-order chi connectivity index (χ1) is 14.5. The molecule has 2 aromatic carbocycles. The maximum atomic E-state index is 12.5. The number of nitrogens with one attached hydrogen (secondary N) is 1. The van der Waals surface area contributed by atoms with Crippen molar-refractivity contribution in [3.63, 3.8) is 0 Å². The number of terminal acetylenes is 1. The van der Waals surface area contributed by atoms with E-state index in [1.54, 1.807) is 24.3 Å². The predicted molar refractivity (Wildman–Crippen MR) is 125 cm³/mol. The highest BCUT2D eigenvalue weighted by atomic mass is 79.9. The molecule has 0 saturated heterocycles. The first-order valence-electron chi connectivity index (χ1n) is 9.28. The Balaban J connectivity index is 2.16. The summed E-state index contributed by atoms with van der Waals surface area (Å²) in [5.41, 5.74) is 3.55. The zero-order chi connectivity index (χ0) is 21.9. The molecule has 158 valence electrons. The number of nitrogens with zero attached hydrogens (tertiary/aromatic N) is 1. The molecule has 0 heterocycles. The predicted octanol–water partition coefficient (Wildman–Crippen LogP) is 5.18. The quantitative estimate of drug-likeness (QED) is 0.258. The van der Waals surface area contributed by atoms with E-state index in [-0.39, 0.29) is 12.5 Å². The van der Waals surface area contributed by atoms with Crippen LogP contribution < -0.4 is 19.6 Å². The van der Waals surface area contributed by atoms with E-state index in [0.717, 1.165) is 10.9 Å². The number of hydrogen-bond donors (Lipinski definition) is 1. The zero-order valence-electron chi connectivity index (χ0n) is 16.7. The molecule has 0 unspecified atom stereocenters. The second-order valence-corrected chi connectivity index (χ2v) is 7.71. The Labute approximate surface area is 193 Å². The number of rotatable bonds is 10.